The summed E-state index contributed by atoms with van der Waals surface area (Å²) in [5.74, 6) is -0.538. The molecule has 0 fully saturated rings. The van der Waals surface area contributed by atoms with Crippen LogP contribution in [0.5, 0.6) is 0 Å². The van der Waals surface area contributed by atoms with E-state index in [1.54, 1.807) is 6.92 Å². The SMILES string of the molecule is CCC(=O)CC(=O)OC.N#N. The van der Waals surface area contributed by atoms with Gasteiger partial charge in [0.2, 0.25) is 0 Å². The molecule has 0 atom stereocenters. The maximum Gasteiger partial charge on any atom is 0.313 e. The van der Waals surface area contributed by atoms with Gasteiger partial charge in [-0.1, -0.05) is 6.92 Å². The molecule has 0 saturated heterocycles. The van der Waals surface area contributed by atoms with Gasteiger partial charge in [0.15, 0.2) is 0 Å². The molecule has 0 saturated carbocycles. The lowest BCUT2D eigenvalue weighted by Gasteiger charge is -1.93. The van der Waals surface area contributed by atoms with Gasteiger partial charge in [-0.3, -0.25) is 9.59 Å². The van der Waals surface area contributed by atoms with Crippen LogP contribution in [0.1, 0.15) is 19.8 Å². The molecule has 0 aliphatic heterocycles. The number of esters is 1. The second-order valence-electron chi connectivity index (χ2n) is 1.65. The number of rotatable bonds is 3. The average molecular weight is 158 g/mol. The minimum absolute atomic E-state index is 0.0816. The maximum absolute atomic E-state index is 10.5. The summed E-state index contributed by atoms with van der Waals surface area (Å²) in [5, 5.41) is 12.0. The zero-order valence-electron chi connectivity index (χ0n) is 6.53. The predicted molar refractivity (Wildman–Crippen MR) is 35.4 cm³/mol. The Kier molecular flexibility index (Phi) is 9.54. The maximum atomic E-state index is 10.5. The van der Waals surface area contributed by atoms with Gasteiger partial charge in [-0.25, -0.2) is 0 Å². The van der Waals surface area contributed by atoms with Crippen molar-refractivity contribution < 1.29 is 14.3 Å². The van der Waals surface area contributed by atoms with Crippen LogP contribution in [-0.4, -0.2) is 18.9 Å². The second-order valence-corrected chi connectivity index (χ2v) is 1.65. The summed E-state index contributed by atoms with van der Waals surface area (Å²) in [5.41, 5.74) is 0. The average Bonchev–Trinajstić information content (AvgIpc) is 2.07. The van der Waals surface area contributed by atoms with E-state index >= 15 is 0 Å². The Morgan fingerprint density at radius 1 is 1.36 bits per heavy atom. The van der Waals surface area contributed by atoms with Crippen LogP contribution in [0.2, 0.25) is 0 Å². The lowest BCUT2D eigenvalue weighted by molar-refractivity contribution is -0.143. The van der Waals surface area contributed by atoms with E-state index in [-0.39, 0.29) is 12.2 Å². The number of methoxy groups -OCH3 is 1. The second kappa shape index (κ2) is 8.56. The van der Waals surface area contributed by atoms with E-state index in [1.165, 1.54) is 7.11 Å². The molecule has 0 aromatic carbocycles. The number of hydrogen-bond donors (Lipinski definition) is 0. The number of carbonyl (C=O) groups excluding carboxylic acids is 2. The first-order chi connectivity index (χ1) is 5.20. The fourth-order valence-corrected chi connectivity index (χ4v) is 0.358. The highest BCUT2D eigenvalue weighted by atomic mass is 16.5. The minimum atomic E-state index is -0.457. The minimum Gasteiger partial charge on any atom is -0.469 e. The third-order valence-electron chi connectivity index (χ3n) is 0.964. The highest BCUT2D eigenvalue weighted by Gasteiger charge is 2.05. The van der Waals surface area contributed by atoms with Gasteiger partial charge in [-0.15, -0.1) is 0 Å². The number of Topliss-reactive ketones (excluding diaryl/α,β-unsaturated/α-hetero) is 1. The molecule has 0 aliphatic rings. The van der Waals surface area contributed by atoms with Crippen LogP contribution >= 0.6 is 0 Å². The van der Waals surface area contributed by atoms with E-state index in [0.717, 1.165) is 0 Å². The molecule has 0 heterocycles. The van der Waals surface area contributed by atoms with Gasteiger partial charge in [0, 0.05) is 17.2 Å². The summed E-state index contributed by atoms with van der Waals surface area (Å²) in [7, 11) is 1.27. The van der Waals surface area contributed by atoms with Crippen molar-refractivity contribution in [3.8, 4) is 0 Å². The molecule has 0 amide bonds. The van der Waals surface area contributed by atoms with Gasteiger partial charge in [0.25, 0.3) is 0 Å². The largest absolute Gasteiger partial charge is 0.469 e. The van der Waals surface area contributed by atoms with Crippen molar-refractivity contribution in [3.63, 3.8) is 0 Å². The molecule has 5 nitrogen and oxygen atoms in total. The molecular weight excluding hydrogens is 148 g/mol. The monoisotopic (exact) mass is 158 g/mol. The highest BCUT2D eigenvalue weighted by molar-refractivity contribution is 5.95. The number of nitrogens with zero attached hydrogens (tertiary/aromatic N) is 2. The Bertz CT molecular complexity index is 139. The molecule has 0 spiro atoms. The van der Waals surface area contributed by atoms with Crippen LogP contribution in [0.3, 0.4) is 0 Å². The third kappa shape index (κ3) is 8.56. The standard InChI is InChI=1S/C6H10O3.N2/c1-3-5(7)4-6(8)9-2;1-2/h3-4H2,1-2H3;. The first-order valence-electron chi connectivity index (χ1n) is 2.99. The van der Waals surface area contributed by atoms with Gasteiger partial charge in [-0.2, -0.15) is 0 Å². The molecular formula is C6H10N2O3. The van der Waals surface area contributed by atoms with E-state index in [9.17, 15) is 9.59 Å². The van der Waals surface area contributed by atoms with E-state index in [4.69, 9.17) is 10.8 Å². The molecule has 0 N–H and O–H groups in total. The molecule has 0 aromatic heterocycles. The van der Waals surface area contributed by atoms with Crippen LogP contribution in [0.25, 0.3) is 0 Å². The third-order valence-corrected chi connectivity index (χ3v) is 0.964. The van der Waals surface area contributed by atoms with Gasteiger partial charge in [0.1, 0.15) is 12.2 Å². The number of hydrogen-bond acceptors (Lipinski definition) is 5. The van der Waals surface area contributed by atoms with Crippen molar-refractivity contribution in [2.24, 2.45) is 0 Å². The zero-order chi connectivity index (χ0) is 9.28. The number of ether oxygens (including phenoxy) is 1. The normalized spacial score (nSPS) is 7.27. The smallest absolute Gasteiger partial charge is 0.313 e. The predicted octanol–water partition coefficient (Wildman–Crippen LogP) is 0.559. The van der Waals surface area contributed by atoms with Crippen molar-refractivity contribution in [3.05, 3.63) is 0 Å². The topological polar surface area (TPSA) is 90.9 Å². The van der Waals surface area contributed by atoms with Gasteiger partial charge < -0.3 is 4.74 Å². The van der Waals surface area contributed by atoms with Crippen molar-refractivity contribution in [2.45, 2.75) is 19.8 Å². The van der Waals surface area contributed by atoms with Gasteiger partial charge in [-0.05, 0) is 0 Å². The van der Waals surface area contributed by atoms with Crippen LogP contribution in [-0.2, 0) is 14.3 Å². The first-order valence-corrected chi connectivity index (χ1v) is 2.99. The molecule has 0 radical (unpaired) electrons. The molecule has 0 rings (SSSR count). The number of carbonyl (C=O) groups is 2. The Morgan fingerprint density at radius 2 is 1.82 bits per heavy atom. The summed E-state index contributed by atoms with van der Waals surface area (Å²) in [4.78, 5) is 20.8. The summed E-state index contributed by atoms with van der Waals surface area (Å²) < 4.78 is 4.26. The first kappa shape index (κ1) is 12.3. The molecule has 0 aromatic rings. The van der Waals surface area contributed by atoms with Gasteiger partial charge in [0.05, 0.1) is 7.11 Å². The molecule has 0 aliphatic carbocycles. The molecule has 0 bridgehead atoms. The summed E-state index contributed by atoms with van der Waals surface area (Å²) in [6.45, 7) is 1.71. The molecule has 62 valence electrons. The van der Waals surface area contributed by atoms with Gasteiger partial charge >= 0.3 is 5.97 Å². The summed E-state index contributed by atoms with van der Waals surface area (Å²) in [6.07, 6.45) is 0.308. The Labute approximate surface area is 64.8 Å². The van der Waals surface area contributed by atoms with Crippen LogP contribution in [0, 0.1) is 10.8 Å². The Hall–Kier alpha value is -1.44. The van der Waals surface area contributed by atoms with Crippen molar-refractivity contribution >= 4 is 11.8 Å². The van der Waals surface area contributed by atoms with E-state index in [2.05, 4.69) is 4.74 Å². The number of ketones is 1. The highest BCUT2D eigenvalue weighted by Crippen LogP contribution is 1.89. The Morgan fingerprint density at radius 3 is 2.09 bits per heavy atom. The Balaban J connectivity index is 0. The fourth-order valence-electron chi connectivity index (χ4n) is 0.358. The molecule has 5 heteroatoms. The van der Waals surface area contributed by atoms with Crippen molar-refractivity contribution in [2.75, 3.05) is 7.11 Å². The van der Waals surface area contributed by atoms with Crippen LogP contribution in [0.4, 0.5) is 0 Å². The van der Waals surface area contributed by atoms with Crippen molar-refractivity contribution in [1.29, 1.82) is 10.8 Å². The lowest BCUT2D eigenvalue weighted by Crippen LogP contribution is -2.07. The van der Waals surface area contributed by atoms with E-state index < -0.39 is 5.97 Å². The summed E-state index contributed by atoms with van der Waals surface area (Å²) >= 11 is 0. The molecule has 0 unspecified atom stereocenters. The zero-order valence-corrected chi connectivity index (χ0v) is 6.53. The summed E-state index contributed by atoms with van der Waals surface area (Å²) in [6, 6.07) is 0. The lowest BCUT2D eigenvalue weighted by atomic mass is 10.2. The van der Waals surface area contributed by atoms with E-state index in [1.807, 2.05) is 0 Å². The van der Waals surface area contributed by atoms with Crippen molar-refractivity contribution in [1.82, 2.24) is 0 Å². The molecule has 11 heavy (non-hydrogen) atoms. The fraction of sp³-hybridized carbons (Fsp3) is 0.667. The quantitative estimate of drug-likeness (QED) is 0.340. The van der Waals surface area contributed by atoms with E-state index in [0.29, 0.717) is 6.42 Å². The van der Waals surface area contributed by atoms with Crippen LogP contribution < -0.4 is 0 Å². The van der Waals surface area contributed by atoms with Crippen LogP contribution in [0.15, 0.2) is 0 Å².